The number of esters is 1. The predicted octanol–water partition coefficient (Wildman–Crippen LogP) is 8.34. The van der Waals surface area contributed by atoms with E-state index < -0.39 is 32.3 Å². The van der Waals surface area contributed by atoms with Gasteiger partial charge in [0.1, 0.15) is 30.1 Å². The Morgan fingerprint density at radius 1 is 0.818 bits per heavy atom. The highest BCUT2D eigenvalue weighted by molar-refractivity contribution is 7.49. The molecule has 0 N–H and O–H groups in total. The van der Waals surface area contributed by atoms with E-state index in [1.165, 1.54) is 0 Å². The predicted molar refractivity (Wildman–Crippen MR) is 168 cm³/mol. The van der Waals surface area contributed by atoms with E-state index in [2.05, 4.69) is 53.7 Å². The minimum atomic E-state index is -4.02. The number of rotatable bonds is 3. The molecule has 1 atom stereocenters. The van der Waals surface area contributed by atoms with E-state index in [1.54, 1.807) is 0 Å². The average molecular weight is 648 g/mol. The lowest BCUT2D eigenvalue weighted by Gasteiger charge is -2.37. The average Bonchev–Trinajstić information content (AvgIpc) is 3.17. The minimum Gasteiger partial charge on any atom is -0.425 e. The lowest BCUT2D eigenvalue weighted by Crippen LogP contribution is -2.45. The highest BCUT2D eigenvalue weighted by Gasteiger charge is 2.53. The van der Waals surface area contributed by atoms with Crippen LogP contribution in [0.4, 0.5) is 0 Å². The van der Waals surface area contributed by atoms with Gasteiger partial charge < -0.3 is 9.26 Å². The molecule has 2 fully saturated rings. The summed E-state index contributed by atoms with van der Waals surface area (Å²) in [6, 6.07) is 8.13. The molecule has 9 nitrogen and oxygen atoms in total. The Kier molecular flexibility index (Phi) is 8.10. The molecule has 3 heterocycles. The van der Waals surface area contributed by atoms with Crippen molar-refractivity contribution in [2.24, 2.45) is 5.41 Å². The van der Waals surface area contributed by atoms with Gasteiger partial charge in [0.15, 0.2) is 0 Å². The summed E-state index contributed by atoms with van der Waals surface area (Å²) in [6.07, 6.45) is 0. The van der Waals surface area contributed by atoms with Crippen molar-refractivity contribution in [3.63, 3.8) is 0 Å². The van der Waals surface area contributed by atoms with Crippen LogP contribution in [-0.4, -0.2) is 32.4 Å². The fraction of sp³-hybridized carbons (Fsp3) is 0.606. The molecule has 1 spiro atoms. The van der Waals surface area contributed by atoms with Gasteiger partial charge in [0.2, 0.25) is 0 Å². The van der Waals surface area contributed by atoms with E-state index in [9.17, 15) is 13.9 Å². The molecule has 1 unspecified atom stereocenters. The maximum absolute atomic E-state index is 13.9. The molecule has 0 amide bonds. The van der Waals surface area contributed by atoms with Crippen LogP contribution in [0.1, 0.15) is 103 Å². The van der Waals surface area contributed by atoms with Crippen LogP contribution in [0.15, 0.2) is 24.3 Å². The Morgan fingerprint density at radius 2 is 1.39 bits per heavy atom. The van der Waals surface area contributed by atoms with Gasteiger partial charge in [-0.15, -0.1) is 9.05 Å². The number of hydrogen-bond acceptors (Lipinski definition) is 9. The second-order valence-electron chi connectivity index (χ2n) is 15.7. The molecule has 2 aromatic carbocycles. The van der Waals surface area contributed by atoms with E-state index in [1.807, 2.05) is 46.8 Å². The zero-order valence-corrected chi connectivity index (χ0v) is 29.5. The minimum absolute atomic E-state index is 0.00233. The van der Waals surface area contributed by atoms with E-state index in [-0.39, 0.29) is 43.2 Å². The number of phosphoric acid groups is 1. The van der Waals surface area contributed by atoms with Crippen molar-refractivity contribution in [1.29, 1.82) is 0 Å². The smallest absolute Gasteiger partial charge is 0.425 e. The van der Waals surface area contributed by atoms with Gasteiger partial charge in [-0.2, -0.15) is 0 Å². The third-order valence-corrected chi connectivity index (χ3v) is 10.8. The SMILES string of the molecule is Cc1cc(C2(C)C(=O)Oc3c(C(C)(C)C)cc(C(C)(C)C)cc32)cc(C(C)(C)C)c1OP1(=O)OCC2(CO[P+](=O)OC2)CO1. The van der Waals surface area contributed by atoms with Crippen LogP contribution in [0, 0.1) is 12.3 Å². The van der Waals surface area contributed by atoms with Crippen LogP contribution < -0.4 is 9.26 Å². The van der Waals surface area contributed by atoms with E-state index in [0.717, 1.165) is 27.8 Å². The van der Waals surface area contributed by atoms with Crippen molar-refractivity contribution < 1.29 is 41.3 Å². The molecule has 0 radical (unpaired) electrons. The Balaban J connectivity index is 1.58. The monoisotopic (exact) mass is 647 g/mol. The van der Waals surface area contributed by atoms with Crippen LogP contribution in [0.5, 0.6) is 11.5 Å². The summed E-state index contributed by atoms with van der Waals surface area (Å²) in [6.45, 7) is 23.0. The van der Waals surface area contributed by atoms with Crippen LogP contribution >= 0.6 is 16.1 Å². The van der Waals surface area contributed by atoms with Crippen LogP contribution in [0.3, 0.4) is 0 Å². The number of ether oxygens (including phenoxy) is 1. The van der Waals surface area contributed by atoms with Gasteiger partial charge in [-0.25, -0.2) is 4.57 Å². The van der Waals surface area contributed by atoms with Crippen molar-refractivity contribution in [2.45, 2.75) is 97.8 Å². The molecule has 0 saturated carbocycles. The standard InChI is InChI=1S/C33H45O9P2/c1-20-12-22(32(11)25-14-21(29(2,3)4)13-24(31(8,9)10)27(25)41-28(32)34)15-23(30(5,6)7)26(20)42-44(36)39-18-33(19-40-44)16-37-43(35)38-17-33/h12-15H,16-19H2,1-11H3/q+1. The normalized spacial score (nSPS) is 28.6. The molecular weight excluding hydrogens is 602 g/mol. The lowest BCUT2D eigenvalue weighted by molar-refractivity contribution is -0.136. The topological polar surface area (TPSA) is 107 Å². The molecule has 240 valence electrons. The molecule has 44 heavy (non-hydrogen) atoms. The van der Waals surface area contributed by atoms with Crippen LogP contribution in [0.2, 0.25) is 0 Å². The van der Waals surface area contributed by atoms with Crippen molar-refractivity contribution >= 4 is 22.0 Å². The maximum atomic E-state index is 13.9. The van der Waals surface area contributed by atoms with Gasteiger partial charge in [0, 0.05) is 21.3 Å². The number of aryl methyl sites for hydroxylation is 1. The number of fused-ring (bicyclic) bond motifs is 1. The second-order valence-corrected chi connectivity index (χ2v) is 18.2. The zero-order valence-electron chi connectivity index (χ0n) is 27.7. The van der Waals surface area contributed by atoms with Gasteiger partial charge in [0.05, 0.1) is 18.6 Å². The van der Waals surface area contributed by atoms with Gasteiger partial charge in [-0.05, 0) is 46.8 Å². The molecular formula is C33H45O9P2+. The Morgan fingerprint density at radius 3 is 1.91 bits per heavy atom. The quantitative estimate of drug-likeness (QED) is 0.185. The summed E-state index contributed by atoms with van der Waals surface area (Å²) < 4.78 is 59.2. The number of hydrogen-bond donors (Lipinski definition) is 0. The number of carbonyl (C=O) groups is 1. The Hall–Kier alpha value is -2.12. The summed E-state index contributed by atoms with van der Waals surface area (Å²) in [5.74, 6) is 0.664. The molecule has 0 aliphatic carbocycles. The van der Waals surface area contributed by atoms with Crippen molar-refractivity contribution in [3.05, 3.63) is 57.6 Å². The van der Waals surface area contributed by atoms with Crippen molar-refractivity contribution in [1.82, 2.24) is 0 Å². The summed E-state index contributed by atoms with van der Waals surface area (Å²) in [7, 11) is -6.18. The molecule has 2 aromatic rings. The third kappa shape index (κ3) is 5.92. The summed E-state index contributed by atoms with van der Waals surface area (Å²) in [5, 5.41) is 0. The molecule has 2 saturated heterocycles. The first-order valence-electron chi connectivity index (χ1n) is 15.0. The van der Waals surface area contributed by atoms with Gasteiger partial charge in [0.25, 0.3) is 0 Å². The van der Waals surface area contributed by atoms with Crippen LogP contribution in [-0.2, 0) is 53.7 Å². The molecule has 0 bridgehead atoms. The zero-order chi connectivity index (χ0) is 32.7. The van der Waals surface area contributed by atoms with Gasteiger partial charge in [-0.3, -0.25) is 13.8 Å². The van der Waals surface area contributed by atoms with Crippen molar-refractivity contribution in [2.75, 3.05) is 26.4 Å². The molecule has 3 aliphatic heterocycles. The Bertz CT molecular complexity index is 1550. The third-order valence-electron chi connectivity index (χ3n) is 8.78. The largest absolute Gasteiger partial charge is 0.697 e. The highest BCUT2D eigenvalue weighted by Crippen LogP contribution is 2.58. The number of benzene rings is 2. The summed E-state index contributed by atoms with van der Waals surface area (Å²) in [5.41, 5.74) is 2.49. The molecule has 3 aliphatic rings. The van der Waals surface area contributed by atoms with Gasteiger partial charge in [-0.1, -0.05) is 86.6 Å². The van der Waals surface area contributed by atoms with E-state index in [4.69, 9.17) is 27.4 Å². The van der Waals surface area contributed by atoms with E-state index in [0.29, 0.717) is 17.1 Å². The van der Waals surface area contributed by atoms with Crippen LogP contribution in [0.25, 0.3) is 0 Å². The highest BCUT2D eigenvalue weighted by atomic mass is 31.2. The fourth-order valence-corrected chi connectivity index (χ4v) is 8.06. The van der Waals surface area contributed by atoms with Gasteiger partial charge >= 0.3 is 22.0 Å². The lowest BCUT2D eigenvalue weighted by atomic mass is 9.71. The van der Waals surface area contributed by atoms with E-state index >= 15 is 0 Å². The summed E-state index contributed by atoms with van der Waals surface area (Å²) in [4.78, 5) is 13.9. The molecule has 5 rings (SSSR count). The first kappa shape index (κ1) is 33.2. The first-order valence-corrected chi connectivity index (χ1v) is 17.5. The number of phosphoric ester groups is 1. The second kappa shape index (κ2) is 10.7. The number of carbonyl (C=O) groups excluding carboxylic acids is 1. The van der Waals surface area contributed by atoms with Crippen molar-refractivity contribution in [3.8, 4) is 11.5 Å². The first-order chi connectivity index (χ1) is 20.1. The fourth-order valence-electron chi connectivity index (χ4n) is 5.72. The molecule has 11 heteroatoms. The maximum Gasteiger partial charge on any atom is 0.697 e. The Labute approximate surface area is 261 Å². The molecule has 0 aromatic heterocycles. The summed E-state index contributed by atoms with van der Waals surface area (Å²) >= 11 is 0.